The molecule has 0 aromatic heterocycles. The molecule has 0 bridgehead atoms. The second-order valence-electron chi connectivity index (χ2n) is 5.75. The second kappa shape index (κ2) is 7.23. The van der Waals surface area contributed by atoms with Crippen molar-refractivity contribution in [3.8, 4) is 0 Å². The first-order valence-corrected chi connectivity index (χ1v) is 7.19. The minimum Gasteiger partial charge on any atom is -0.369 e. The van der Waals surface area contributed by atoms with Gasteiger partial charge in [0.2, 0.25) is 0 Å². The zero-order valence-electron chi connectivity index (χ0n) is 12.8. The molecule has 1 heterocycles. The van der Waals surface area contributed by atoms with E-state index in [0.29, 0.717) is 11.5 Å². The van der Waals surface area contributed by atoms with Crippen molar-refractivity contribution < 1.29 is 24.6 Å². The van der Waals surface area contributed by atoms with E-state index in [2.05, 4.69) is 23.5 Å². The van der Waals surface area contributed by atoms with Gasteiger partial charge in [-0.25, -0.2) is 0 Å². The highest BCUT2D eigenvalue weighted by atomic mass is 17.0. The van der Waals surface area contributed by atoms with E-state index in [1.807, 2.05) is 12.1 Å². The van der Waals surface area contributed by atoms with E-state index in [9.17, 15) is 20.2 Å². The van der Waals surface area contributed by atoms with Gasteiger partial charge in [-0.05, 0) is 23.5 Å². The second-order valence-corrected chi connectivity index (χ2v) is 5.75. The van der Waals surface area contributed by atoms with Crippen molar-refractivity contribution >= 4 is 0 Å². The third-order valence-electron chi connectivity index (χ3n) is 3.49. The Morgan fingerprint density at radius 3 is 2.30 bits per heavy atom. The smallest absolute Gasteiger partial charge is 0.294 e. The fraction of sp³-hybridized carbons (Fsp3) is 0.571. The van der Waals surface area contributed by atoms with Gasteiger partial charge in [-0.1, -0.05) is 38.1 Å². The van der Waals surface area contributed by atoms with Crippen LogP contribution in [0.4, 0.5) is 0 Å². The summed E-state index contributed by atoms with van der Waals surface area (Å²) in [4.78, 5) is 30.1. The largest absolute Gasteiger partial charge is 0.369 e. The van der Waals surface area contributed by atoms with Crippen molar-refractivity contribution in [2.24, 2.45) is 5.92 Å². The molecule has 1 aliphatic rings. The molecule has 0 aliphatic carbocycles. The Kier molecular flexibility index (Phi) is 5.32. The summed E-state index contributed by atoms with van der Waals surface area (Å²) in [6.07, 6.45) is -2.21. The fourth-order valence-electron chi connectivity index (χ4n) is 2.61. The lowest BCUT2D eigenvalue weighted by Crippen LogP contribution is -2.34. The van der Waals surface area contributed by atoms with Crippen molar-refractivity contribution in [3.05, 3.63) is 55.6 Å². The van der Waals surface area contributed by atoms with Crippen LogP contribution in [0.15, 0.2) is 24.3 Å². The van der Waals surface area contributed by atoms with Crippen LogP contribution in [0.2, 0.25) is 0 Å². The number of rotatable bonds is 7. The monoisotopic (exact) mass is 326 g/mol. The van der Waals surface area contributed by atoms with E-state index in [-0.39, 0.29) is 6.61 Å². The summed E-state index contributed by atoms with van der Waals surface area (Å²) in [5.41, 5.74) is 1.78. The number of ether oxygens (including phenoxy) is 1. The fourth-order valence-corrected chi connectivity index (χ4v) is 2.61. The van der Waals surface area contributed by atoms with Crippen molar-refractivity contribution in [1.29, 1.82) is 0 Å². The number of benzene rings is 1. The van der Waals surface area contributed by atoms with E-state index in [0.717, 1.165) is 12.0 Å². The first kappa shape index (κ1) is 16.9. The van der Waals surface area contributed by atoms with Crippen LogP contribution < -0.4 is 0 Å². The third-order valence-corrected chi connectivity index (χ3v) is 3.49. The van der Waals surface area contributed by atoms with E-state index in [1.54, 1.807) is 12.1 Å². The summed E-state index contributed by atoms with van der Waals surface area (Å²) >= 11 is 0. The predicted octanol–water partition coefficient (Wildman–Crippen LogP) is 2.11. The maximum Gasteiger partial charge on any atom is 0.294 e. The van der Waals surface area contributed by atoms with Crippen molar-refractivity contribution in [3.63, 3.8) is 0 Å². The zero-order valence-corrected chi connectivity index (χ0v) is 12.8. The average molecular weight is 326 g/mol. The summed E-state index contributed by atoms with van der Waals surface area (Å²) in [6, 6.07) is 7.38. The Morgan fingerprint density at radius 1 is 1.17 bits per heavy atom. The lowest BCUT2D eigenvalue weighted by atomic mass is 9.98. The molecule has 0 radical (unpaired) electrons. The topological polar surface area (TPSA) is 114 Å². The molecule has 1 aromatic rings. The van der Waals surface area contributed by atoms with Crippen molar-refractivity contribution in [1.82, 2.24) is 0 Å². The molecule has 3 unspecified atom stereocenters. The summed E-state index contributed by atoms with van der Waals surface area (Å²) < 4.78 is 5.43. The standard InChI is InChI=1S/C14H18N2O7/c1-9(2)7-10-3-5-11(6-4-10)13-14(23-16(19)20)12(8-21-13)22-15(17)18/h3-6,9,12-14H,7-8H2,1-2H3. The van der Waals surface area contributed by atoms with Gasteiger partial charge >= 0.3 is 0 Å². The minimum atomic E-state index is -1.19. The average Bonchev–Trinajstić information content (AvgIpc) is 2.80. The molecule has 1 saturated heterocycles. The Morgan fingerprint density at radius 2 is 1.78 bits per heavy atom. The molecule has 0 spiro atoms. The first-order chi connectivity index (χ1) is 10.9. The van der Waals surface area contributed by atoms with Crippen LogP contribution in [-0.4, -0.2) is 29.0 Å². The lowest BCUT2D eigenvalue weighted by molar-refractivity contribution is -0.797. The number of nitrogens with zero attached hydrogens (tertiary/aromatic N) is 2. The molecule has 0 N–H and O–H groups in total. The molecule has 1 aliphatic heterocycles. The highest BCUT2D eigenvalue weighted by molar-refractivity contribution is 5.26. The van der Waals surface area contributed by atoms with Crippen LogP contribution in [0.1, 0.15) is 31.1 Å². The molecule has 9 heteroatoms. The van der Waals surface area contributed by atoms with E-state index in [4.69, 9.17) is 4.74 Å². The Labute approximate surface area is 132 Å². The zero-order chi connectivity index (χ0) is 17.0. The molecule has 1 fully saturated rings. The SMILES string of the molecule is CC(C)Cc1ccc(C2OCC(O[N+](=O)[O-])C2O[N+](=O)[O-])cc1. The molecule has 9 nitrogen and oxygen atoms in total. The van der Waals surface area contributed by atoms with Gasteiger partial charge in [0.15, 0.2) is 12.2 Å². The van der Waals surface area contributed by atoms with E-state index in [1.165, 1.54) is 0 Å². The Hall–Kier alpha value is -2.42. The maximum absolute atomic E-state index is 10.6. The molecular formula is C14H18N2O7. The number of hydrogen-bond acceptors (Lipinski definition) is 7. The molecule has 3 atom stereocenters. The third kappa shape index (κ3) is 4.52. The van der Waals surface area contributed by atoms with Gasteiger partial charge in [0, 0.05) is 0 Å². The molecule has 0 amide bonds. The van der Waals surface area contributed by atoms with Gasteiger partial charge in [-0.2, -0.15) is 0 Å². The summed E-state index contributed by atoms with van der Waals surface area (Å²) in [5.74, 6) is 0.506. The van der Waals surface area contributed by atoms with Crippen LogP contribution >= 0.6 is 0 Å². The lowest BCUT2D eigenvalue weighted by Gasteiger charge is -2.20. The van der Waals surface area contributed by atoms with Crippen molar-refractivity contribution in [2.45, 2.75) is 38.6 Å². The summed E-state index contributed by atoms with van der Waals surface area (Å²) in [5, 5.41) is 19.1. The van der Waals surface area contributed by atoms with Gasteiger partial charge < -0.3 is 14.4 Å². The summed E-state index contributed by atoms with van der Waals surface area (Å²) in [6.45, 7) is 4.06. The highest BCUT2D eigenvalue weighted by Gasteiger charge is 2.43. The molecule has 1 aromatic carbocycles. The van der Waals surface area contributed by atoms with Crippen LogP contribution in [0.25, 0.3) is 0 Å². The highest BCUT2D eigenvalue weighted by Crippen LogP contribution is 2.33. The Balaban J connectivity index is 2.15. The van der Waals surface area contributed by atoms with Gasteiger partial charge in [0.25, 0.3) is 10.2 Å². The first-order valence-electron chi connectivity index (χ1n) is 7.19. The maximum atomic E-state index is 10.6. The molecule has 2 rings (SSSR count). The van der Waals surface area contributed by atoms with Crippen LogP contribution in [0.3, 0.4) is 0 Å². The minimum absolute atomic E-state index is 0.155. The van der Waals surface area contributed by atoms with E-state index >= 15 is 0 Å². The molecular weight excluding hydrogens is 308 g/mol. The van der Waals surface area contributed by atoms with Crippen LogP contribution in [0.5, 0.6) is 0 Å². The Bertz CT molecular complexity index is 561. The predicted molar refractivity (Wildman–Crippen MR) is 77.4 cm³/mol. The molecule has 0 saturated carbocycles. The van der Waals surface area contributed by atoms with Gasteiger partial charge in [-0.15, -0.1) is 20.2 Å². The van der Waals surface area contributed by atoms with Gasteiger partial charge in [0.1, 0.15) is 6.10 Å². The summed E-state index contributed by atoms with van der Waals surface area (Å²) in [7, 11) is 0. The quantitative estimate of drug-likeness (QED) is 0.556. The van der Waals surface area contributed by atoms with Gasteiger partial charge in [-0.3, -0.25) is 0 Å². The molecule has 126 valence electrons. The molecule has 23 heavy (non-hydrogen) atoms. The van der Waals surface area contributed by atoms with E-state index < -0.39 is 28.5 Å². The van der Waals surface area contributed by atoms with Gasteiger partial charge in [0.05, 0.1) is 6.61 Å². The van der Waals surface area contributed by atoms with Crippen LogP contribution in [0, 0.1) is 26.1 Å². The normalized spacial score (nSPS) is 23.7. The van der Waals surface area contributed by atoms with Crippen LogP contribution in [-0.2, 0) is 20.8 Å². The number of hydrogen-bond donors (Lipinski definition) is 0. The van der Waals surface area contributed by atoms with Crippen molar-refractivity contribution in [2.75, 3.05) is 6.61 Å².